The zero-order valence-corrected chi connectivity index (χ0v) is 13.4. The van der Waals surface area contributed by atoms with Gasteiger partial charge in [-0.25, -0.2) is 0 Å². The Morgan fingerprint density at radius 3 is 2.45 bits per heavy atom. The van der Waals surface area contributed by atoms with Crippen LogP contribution < -0.4 is 5.73 Å². The summed E-state index contributed by atoms with van der Waals surface area (Å²) in [6.07, 6.45) is 0.909. The molecule has 104 valence electrons. The third-order valence-electron chi connectivity index (χ3n) is 3.63. The van der Waals surface area contributed by atoms with E-state index in [1.807, 2.05) is 11.3 Å². The van der Waals surface area contributed by atoms with Crippen LogP contribution in [0.4, 0.5) is 0 Å². The van der Waals surface area contributed by atoms with E-state index >= 15 is 0 Å². The first kappa shape index (κ1) is 13.8. The van der Waals surface area contributed by atoms with E-state index in [-0.39, 0.29) is 6.04 Å². The highest BCUT2D eigenvalue weighted by Crippen LogP contribution is 2.33. The van der Waals surface area contributed by atoms with E-state index in [4.69, 9.17) is 5.73 Å². The van der Waals surface area contributed by atoms with E-state index in [1.54, 1.807) is 11.3 Å². The Morgan fingerprint density at radius 2 is 1.80 bits per heavy atom. The van der Waals surface area contributed by atoms with Gasteiger partial charge in [0.15, 0.2) is 0 Å². The fourth-order valence-electron chi connectivity index (χ4n) is 2.36. The van der Waals surface area contributed by atoms with Crippen LogP contribution in [-0.4, -0.2) is 0 Å². The van der Waals surface area contributed by atoms with Crippen molar-refractivity contribution in [2.45, 2.75) is 32.2 Å². The van der Waals surface area contributed by atoms with Crippen molar-refractivity contribution in [2.75, 3.05) is 0 Å². The number of thiophene rings is 2. The zero-order chi connectivity index (χ0) is 14.1. The van der Waals surface area contributed by atoms with Crippen LogP contribution >= 0.6 is 22.7 Å². The predicted molar refractivity (Wildman–Crippen MR) is 90.9 cm³/mol. The summed E-state index contributed by atoms with van der Waals surface area (Å²) >= 11 is 3.62. The lowest BCUT2D eigenvalue weighted by molar-refractivity contribution is 0.736. The molecule has 2 heterocycles. The minimum absolute atomic E-state index is 0.101. The molecule has 1 atom stereocenters. The maximum absolute atomic E-state index is 6.36. The molecule has 0 spiro atoms. The highest BCUT2D eigenvalue weighted by molar-refractivity contribution is 7.26. The van der Waals surface area contributed by atoms with E-state index in [0.29, 0.717) is 5.92 Å². The molecule has 3 rings (SSSR count). The summed E-state index contributed by atoms with van der Waals surface area (Å²) in [5.74, 6) is 0.585. The second kappa shape index (κ2) is 5.68. The highest BCUT2D eigenvalue weighted by atomic mass is 32.1. The minimum atomic E-state index is 0.101. The first-order valence-corrected chi connectivity index (χ1v) is 8.64. The number of hydrogen-bond acceptors (Lipinski definition) is 3. The number of fused-ring (bicyclic) bond motifs is 1. The van der Waals surface area contributed by atoms with Gasteiger partial charge in [-0.15, -0.1) is 22.7 Å². The summed E-state index contributed by atoms with van der Waals surface area (Å²) in [4.78, 5) is 1.29. The van der Waals surface area contributed by atoms with E-state index in [9.17, 15) is 0 Å². The molecule has 3 aromatic rings. The molecule has 2 N–H and O–H groups in total. The van der Waals surface area contributed by atoms with Gasteiger partial charge in [0, 0.05) is 20.3 Å². The maximum Gasteiger partial charge on any atom is 0.0454 e. The summed E-state index contributed by atoms with van der Waals surface area (Å²) in [6, 6.07) is 13.4. The maximum atomic E-state index is 6.36. The van der Waals surface area contributed by atoms with Gasteiger partial charge in [0.2, 0.25) is 0 Å². The predicted octanol–water partition coefficient (Wildman–Crippen LogP) is 5.33. The van der Waals surface area contributed by atoms with Crippen LogP contribution in [0.5, 0.6) is 0 Å². The lowest BCUT2D eigenvalue weighted by atomic mass is 9.99. The molecule has 0 radical (unpaired) electrons. The molecule has 0 bridgehead atoms. The third-order valence-corrected chi connectivity index (χ3v) is 5.85. The van der Waals surface area contributed by atoms with Gasteiger partial charge in [-0.1, -0.05) is 38.1 Å². The average Bonchev–Trinajstić information content (AvgIpc) is 2.99. The quantitative estimate of drug-likeness (QED) is 0.692. The van der Waals surface area contributed by atoms with Crippen molar-refractivity contribution in [2.24, 2.45) is 5.73 Å². The lowest BCUT2D eigenvalue weighted by Gasteiger charge is -2.11. The van der Waals surface area contributed by atoms with E-state index in [1.165, 1.54) is 25.4 Å². The molecule has 0 saturated carbocycles. The summed E-state index contributed by atoms with van der Waals surface area (Å²) in [5, 5.41) is 2.14. The van der Waals surface area contributed by atoms with Crippen molar-refractivity contribution >= 4 is 32.1 Å². The number of rotatable bonds is 4. The van der Waals surface area contributed by atoms with Crippen LogP contribution in [0.1, 0.15) is 41.8 Å². The fourth-order valence-corrected chi connectivity index (χ4v) is 4.48. The lowest BCUT2D eigenvalue weighted by Crippen LogP contribution is -2.11. The number of nitrogens with two attached hydrogens (primary N) is 1. The first-order valence-electron chi connectivity index (χ1n) is 6.95. The Balaban J connectivity index is 1.74. The normalized spacial score (nSPS) is 13.2. The monoisotopic (exact) mass is 301 g/mol. The third kappa shape index (κ3) is 2.80. The Labute approximate surface area is 128 Å². The van der Waals surface area contributed by atoms with Crippen molar-refractivity contribution in [3.05, 3.63) is 57.8 Å². The largest absolute Gasteiger partial charge is 0.323 e. The Kier molecular flexibility index (Phi) is 3.92. The Morgan fingerprint density at radius 1 is 1.05 bits per heavy atom. The topological polar surface area (TPSA) is 26.0 Å². The number of hydrogen-bond donors (Lipinski definition) is 1. The van der Waals surface area contributed by atoms with Gasteiger partial charge in [-0.2, -0.15) is 0 Å². The smallest absolute Gasteiger partial charge is 0.0454 e. The molecular formula is C17H19NS2. The van der Waals surface area contributed by atoms with Gasteiger partial charge >= 0.3 is 0 Å². The molecule has 0 aliphatic rings. The van der Waals surface area contributed by atoms with Crippen molar-refractivity contribution in [3.8, 4) is 0 Å². The molecule has 0 saturated heterocycles. The molecule has 0 fully saturated rings. The summed E-state index contributed by atoms with van der Waals surface area (Å²) in [7, 11) is 0. The highest BCUT2D eigenvalue weighted by Gasteiger charge is 2.12. The van der Waals surface area contributed by atoms with E-state index < -0.39 is 0 Å². The second-order valence-corrected chi connectivity index (χ2v) is 7.57. The summed E-state index contributed by atoms with van der Waals surface area (Å²) in [5.41, 5.74) is 9.07. The zero-order valence-electron chi connectivity index (χ0n) is 11.8. The van der Waals surface area contributed by atoms with Gasteiger partial charge in [0.25, 0.3) is 0 Å². The van der Waals surface area contributed by atoms with Crippen LogP contribution in [0.3, 0.4) is 0 Å². The van der Waals surface area contributed by atoms with Gasteiger partial charge in [-0.05, 0) is 41.0 Å². The Hall–Kier alpha value is -1.16. The van der Waals surface area contributed by atoms with Crippen molar-refractivity contribution in [1.82, 2.24) is 0 Å². The van der Waals surface area contributed by atoms with Crippen molar-refractivity contribution in [3.63, 3.8) is 0 Å². The van der Waals surface area contributed by atoms with E-state index in [2.05, 4.69) is 55.6 Å². The Bertz CT molecular complexity index is 663. The van der Waals surface area contributed by atoms with Crippen LogP contribution in [0.15, 0.2) is 41.8 Å². The summed E-state index contributed by atoms with van der Waals surface area (Å²) in [6.45, 7) is 4.44. The standard InChI is InChI=1S/C17H19NS2/c1-11(2)13-5-3-12(4-6-13)9-14(18)16-10-17-15(20-16)7-8-19-17/h3-8,10-11,14H,9,18H2,1-2H3. The molecule has 0 amide bonds. The van der Waals surface area contributed by atoms with Crippen LogP contribution in [0.25, 0.3) is 9.40 Å². The fraction of sp³-hybridized carbons (Fsp3) is 0.294. The molecule has 20 heavy (non-hydrogen) atoms. The van der Waals surface area contributed by atoms with Crippen LogP contribution in [0, 0.1) is 0 Å². The molecular weight excluding hydrogens is 282 g/mol. The molecule has 3 heteroatoms. The van der Waals surface area contributed by atoms with Crippen molar-refractivity contribution in [1.29, 1.82) is 0 Å². The number of benzene rings is 1. The van der Waals surface area contributed by atoms with E-state index in [0.717, 1.165) is 6.42 Å². The van der Waals surface area contributed by atoms with Crippen LogP contribution in [-0.2, 0) is 6.42 Å². The summed E-state index contributed by atoms with van der Waals surface area (Å²) < 4.78 is 2.71. The SMILES string of the molecule is CC(C)c1ccc(CC(N)c2cc3sccc3s2)cc1. The minimum Gasteiger partial charge on any atom is -0.323 e. The van der Waals surface area contributed by atoms with Gasteiger partial charge < -0.3 is 5.73 Å². The van der Waals surface area contributed by atoms with Crippen LogP contribution in [0.2, 0.25) is 0 Å². The molecule has 1 nitrogen and oxygen atoms in total. The average molecular weight is 301 g/mol. The first-order chi connectivity index (χ1) is 9.63. The second-order valence-electron chi connectivity index (χ2n) is 5.50. The molecule has 1 aromatic carbocycles. The molecule has 0 aliphatic carbocycles. The molecule has 2 aromatic heterocycles. The molecule has 0 aliphatic heterocycles. The van der Waals surface area contributed by atoms with Gasteiger partial charge in [-0.3, -0.25) is 0 Å². The van der Waals surface area contributed by atoms with Gasteiger partial charge in [0.1, 0.15) is 0 Å². The molecule has 1 unspecified atom stereocenters. The van der Waals surface area contributed by atoms with Gasteiger partial charge in [0.05, 0.1) is 0 Å². The van der Waals surface area contributed by atoms with Crippen molar-refractivity contribution < 1.29 is 0 Å².